The molecule has 0 amide bonds. The quantitative estimate of drug-likeness (QED) is 0.369. The van der Waals surface area contributed by atoms with Crippen molar-refractivity contribution in [3.05, 3.63) is 107 Å². The topological polar surface area (TPSA) is 22.3 Å². The molecule has 0 spiro atoms. The van der Waals surface area contributed by atoms with E-state index in [1.54, 1.807) is 0 Å². The molecule has 3 aromatic carbocycles. The lowest BCUT2D eigenvalue weighted by molar-refractivity contribution is 0.109. The number of benzene rings is 3. The Kier molecular flexibility index (Phi) is 6.59. The fraction of sp³-hybridized carbons (Fsp3) is 0.286. The van der Waals surface area contributed by atoms with Crippen LogP contribution in [-0.4, -0.2) is 47.5 Å². The van der Waals surface area contributed by atoms with Crippen LogP contribution in [0.25, 0.3) is 10.9 Å². The maximum Gasteiger partial charge on any atom is 0.0602 e. The molecule has 0 radical (unpaired) electrons. The molecule has 3 nitrogen and oxygen atoms in total. The predicted molar refractivity (Wildman–Crippen MR) is 134 cm³/mol. The summed E-state index contributed by atoms with van der Waals surface area (Å²) in [5, 5.41) is 2.16. The highest BCUT2D eigenvalue weighted by molar-refractivity contribution is 6.30. The van der Waals surface area contributed by atoms with Crippen LogP contribution in [0.2, 0.25) is 5.02 Å². The smallest absolute Gasteiger partial charge is 0.0602 e. The second-order valence-electron chi connectivity index (χ2n) is 8.71. The lowest BCUT2D eigenvalue weighted by atomic mass is 9.96. The second kappa shape index (κ2) is 9.91. The number of rotatable bonds is 7. The summed E-state index contributed by atoms with van der Waals surface area (Å²) in [5.41, 5.74) is 5.34. The average Bonchev–Trinajstić information content (AvgIpc) is 3.25. The van der Waals surface area contributed by atoms with Crippen molar-refractivity contribution in [1.29, 1.82) is 0 Å². The molecule has 2 heterocycles. The fourth-order valence-corrected chi connectivity index (χ4v) is 5.10. The largest absolute Gasteiger partial charge is 0.361 e. The number of aromatic nitrogens is 1. The number of halogens is 1. The van der Waals surface area contributed by atoms with Crippen LogP contribution in [0.15, 0.2) is 85.1 Å². The van der Waals surface area contributed by atoms with Crippen molar-refractivity contribution in [3.8, 4) is 0 Å². The van der Waals surface area contributed by atoms with Crippen LogP contribution in [0.5, 0.6) is 0 Å². The van der Waals surface area contributed by atoms with E-state index in [4.69, 9.17) is 11.6 Å². The molecular weight excluding hydrogens is 414 g/mol. The molecular formula is C28H30ClN3. The monoisotopic (exact) mass is 443 g/mol. The maximum atomic E-state index is 6.16. The molecule has 0 bridgehead atoms. The Morgan fingerprint density at radius 1 is 0.781 bits per heavy atom. The molecule has 1 unspecified atom stereocenters. The normalized spacial score (nSPS) is 16.4. The first-order chi connectivity index (χ1) is 15.8. The number of nitrogens with one attached hydrogen (secondary N) is 1. The van der Waals surface area contributed by atoms with E-state index in [-0.39, 0.29) is 6.04 Å². The Morgan fingerprint density at radius 3 is 2.25 bits per heavy atom. The summed E-state index contributed by atoms with van der Waals surface area (Å²) < 4.78 is 0. The number of hydrogen-bond donors (Lipinski definition) is 1. The minimum atomic E-state index is 0.279. The highest BCUT2D eigenvalue weighted by Gasteiger charge is 2.26. The number of para-hydroxylation sites is 1. The molecule has 32 heavy (non-hydrogen) atoms. The fourth-order valence-electron chi connectivity index (χ4n) is 4.97. The van der Waals surface area contributed by atoms with Gasteiger partial charge in [0.2, 0.25) is 0 Å². The van der Waals surface area contributed by atoms with Crippen LogP contribution in [0.4, 0.5) is 0 Å². The van der Waals surface area contributed by atoms with Gasteiger partial charge in [-0.3, -0.25) is 4.90 Å². The summed E-state index contributed by atoms with van der Waals surface area (Å²) in [6.07, 6.45) is 4.50. The molecule has 1 atom stereocenters. The SMILES string of the molecule is Clc1ccc(C(c2ccccc2)N2CCN(CCCc3c[nH]c4ccccc34)CC2)cc1. The molecule has 5 rings (SSSR count). The number of aromatic amines is 1. The van der Waals surface area contributed by atoms with Gasteiger partial charge in [0.15, 0.2) is 0 Å². The van der Waals surface area contributed by atoms with Crippen molar-refractivity contribution in [1.82, 2.24) is 14.8 Å². The van der Waals surface area contributed by atoms with Crippen LogP contribution in [0, 0.1) is 0 Å². The van der Waals surface area contributed by atoms with Gasteiger partial charge in [-0.15, -0.1) is 0 Å². The van der Waals surface area contributed by atoms with Crippen molar-refractivity contribution < 1.29 is 0 Å². The van der Waals surface area contributed by atoms with E-state index in [1.807, 2.05) is 12.1 Å². The van der Waals surface area contributed by atoms with Crippen LogP contribution < -0.4 is 0 Å². The van der Waals surface area contributed by atoms with E-state index in [1.165, 1.54) is 34.0 Å². The van der Waals surface area contributed by atoms with E-state index in [9.17, 15) is 0 Å². The van der Waals surface area contributed by atoms with Crippen molar-refractivity contribution in [2.45, 2.75) is 18.9 Å². The number of nitrogens with zero attached hydrogens (tertiary/aromatic N) is 2. The Morgan fingerprint density at radius 2 is 1.47 bits per heavy atom. The summed E-state index contributed by atoms with van der Waals surface area (Å²) >= 11 is 6.16. The third-order valence-corrected chi connectivity index (χ3v) is 6.92. The van der Waals surface area contributed by atoms with Crippen LogP contribution in [0.3, 0.4) is 0 Å². The van der Waals surface area contributed by atoms with Crippen molar-refractivity contribution in [2.75, 3.05) is 32.7 Å². The molecule has 4 heteroatoms. The Hall–Kier alpha value is -2.59. The summed E-state index contributed by atoms with van der Waals surface area (Å²) in [7, 11) is 0. The zero-order valence-corrected chi connectivity index (χ0v) is 19.1. The lowest BCUT2D eigenvalue weighted by Gasteiger charge is -2.40. The van der Waals surface area contributed by atoms with Crippen molar-refractivity contribution >= 4 is 22.5 Å². The van der Waals surface area contributed by atoms with Gasteiger partial charge in [0.25, 0.3) is 0 Å². The molecule has 4 aromatic rings. The van der Waals surface area contributed by atoms with Gasteiger partial charge in [0.05, 0.1) is 6.04 Å². The minimum absolute atomic E-state index is 0.279. The van der Waals surface area contributed by atoms with E-state index in [2.05, 4.69) is 87.7 Å². The molecule has 0 aliphatic carbocycles. The maximum absolute atomic E-state index is 6.16. The predicted octanol–water partition coefficient (Wildman–Crippen LogP) is 6.16. The Balaban J connectivity index is 1.20. The highest BCUT2D eigenvalue weighted by Crippen LogP contribution is 2.30. The van der Waals surface area contributed by atoms with Gasteiger partial charge < -0.3 is 9.88 Å². The number of piperazine rings is 1. The van der Waals surface area contributed by atoms with E-state index in [0.29, 0.717) is 0 Å². The molecule has 1 saturated heterocycles. The van der Waals surface area contributed by atoms with Gasteiger partial charge >= 0.3 is 0 Å². The molecule has 0 saturated carbocycles. The van der Waals surface area contributed by atoms with Crippen molar-refractivity contribution in [3.63, 3.8) is 0 Å². The standard InChI is InChI=1S/C28H30ClN3/c29-25-14-12-23(13-15-25)28(22-7-2-1-3-8-22)32-19-17-31(18-20-32)16-6-9-24-21-30-27-11-5-4-10-26(24)27/h1-5,7-8,10-15,21,28,30H,6,9,16-20H2. The first-order valence-corrected chi connectivity index (χ1v) is 12.0. The first kappa shape index (κ1) is 21.3. The Bertz CT molecular complexity index is 1130. The molecule has 1 N–H and O–H groups in total. The van der Waals surface area contributed by atoms with Crippen LogP contribution >= 0.6 is 11.6 Å². The average molecular weight is 444 g/mol. The van der Waals surface area contributed by atoms with Crippen LogP contribution in [-0.2, 0) is 6.42 Å². The number of fused-ring (bicyclic) bond motifs is 1. The molecule has 1 aromatic heterocycles. The zero-order chi connectivity index (χ0) is 21.8. The third-order valence-electron chi connectivity index (χ3n) is 6.67. The van der Waals surface area contributed by atoms with Gasteiger partial charge in [0.1, 0.15) is 0 Å². The third kappa shape index (κ3) is 4.75. The molecule has 1 aliphatic rings. The van der Waals surface area contributed by atoms with Gasteiger partial charge in [-0.25, -0.2) is 0 Å². The summed E-state index contributed by atoms with van der Waals surface area (Å²) in [6, 6.07) is 28.1. The summed E-state index contributed by atoms with van der Waals surface area (Å²) in [4.78, 5) is 8.64. The summed E-state index contributed by atoms with van der Waals surface area (Å²) in [6.45, 7) is 5.55. The van der Waals surface area contributed by atoms with Gasteiger partial charge in [-0.05, 0) is 54.3 Å². The number of H-pyrrole nitrogens is 1. The van der Waals surface area contributed by atoms with E-state index < -0.39 is 0 Å². The van der Waals surface area contributed by atoms with E-state index >= 15 is 0 Å². The zero-order valence-electron chi connectivity index (χ0n) is 18.4. The Labute approximate surface area is 195 Å². The molecule has 164 valence electrons. The minimum Gasteiger partial charge on any atom is -0.361 e. The lowest BCUT2D eigenvalue weighted by Crippen LogP contribution is -2.48. The summed E-state index contributed by atoms with van der Waals surface area (Å²) in [5.74, 6) is 0. The van der Waals surface area contributed by atoms with Crippen molar-refractivity contribution in [2.24, 2.45) is 0 Å². The molecule has 1 fully saturated rings. The highest BCUT2D eigenvalue weighted by atomic mass is 35.5. The van der Waals surface area contributed by atoms with Gasteiger partial charge in [-0.2, -0.15) is 0 Å². The second-order valence-corrected chi connectivity index (χ2v) is 9.14. The molecule has 1 aliphatic heterocycles. The van der Waals surface area contributed by atoms with Gasteiger partial charge in [-0.1, -0.05) is 72.3 Å². The van der Waals surface area contributed by atoms with Crippen LogP contribution in [0.1, 0.15) is 29.2 Å². The van der Waals surface area contributed by atoms with Gasteiger partial charge in [0, 0.05) is 48.3 Å². The number of aryl methyl sites for hydroxylation is 1. The van der Waals surface area contributed by atoms with E-state index in [0.717, 1.165) is 44.2 Å². The number of hydrogen-bond acceptors (Lipinski definition) is 2. The first-order valence-electron chi connectivity index (χ1n) is 11.6.